The maximum Gasteiger partial charge on any atom is 0.227 e. The van der Waals surface area contributed by atoms with E-state index in [1.54, 1.807) is 18.3 Å². The number of nitrogens with zero attached hydrogens (tertiary/aromatic N) is 8. The van der Waals surface area contributed by atoms with Crippen molar-refractivity contribution in [2.24, 2.45) is 0 Å². The summed E-state index contributed by atoms with van der Waals surface area (Å²) in [5, 5.41) is 19.9. The summed E-state index contributed by atoms with van der Waals surface area (Å²) >= 11 is 0. The third-order valence-electron chi connectivity index (χ3n) is 6.08. The number of nitriles is 1. The van der Waals surface area contributed by atoms with Gasteiger partial charge in [0.2, 0.25) is 5.91 Å². The van der Waals surface area contributed by atoms with Gasteiger partial charge in [-0.25, -0.2) is 9.37 Å². The van der Waals surface area contributed by atoms with Crippen LogP contribution in [-0.2, 0) is 16.0 Å². The van der Waals surface area contributed by atoms with E-state index in [-0.39, 0.29) is 30.0 Å². The molecule has 1 amide bonds. The number of carbonyl (C=O) groups is 1. The van der Waals surface area contributed by atoms with Crippen molar-refractivity contribution in [3.05, 3.63) is 65.4 Å². The molecule has 3 aromatic rings. The monoisotopic (exact) mass is 448 g/mol. The number of ether oxygens (including phenoxy) is 1. The molecule has 10 nitrogen and oxygen atoms in total. The molecule has 0 bridgehead atoms. The predicted octanol–water partition coefficient (Wildman–Crippen LogP) is 0.895. The molecule has 11 heteroatoms. The lowest BCUT2D eigenvalue weighted by atomic mass is 10.0. The summed E-state index contributed by atoms with van der Waals surface area (Å²) in [6, 6.07) is 10.2. The molecule has 0 radical (unpaired) electrons. The molecule has 0 aliphatic carbocycles. The Labute approximate surface area is 189 Å². The number of tetrazole rings is 1. The molecule has 2 fully saturated rings. The Bertz CT molecular complexity index is 1180. The van der Waals surface area contributed by atoms with Gasteiger partial charge in [0.05, 0.1) is 30.7 Å². The van der Waals surface area contributed by atoms with E-state index in [4.69, 9.17) is 10.00 Å². The van der Waals surface area contributed by atoms with Crippen molar-refractivity contribution in [1.82, 2.24) is 35.0 Å². The van der Waals surface area contributed by atoms with Crippen LogP contribution >= 0.6 is 0 Å². The van der Waals surface area contributed by atoms with Gasteiger partial charge in [0.25, 0.3) is 0 Å². The van der Waals surface area contributed by atoms with Crippen molar-refractivity contribution in [1.29, 1.82) is 5.26 Å². The average Bonchev–Trinajstić information content (AvgIpc) is 3.39. The molecule has 33 heavy (non-hydrogen) atoms. The summed E-state index contributed by atoms with van der Waals surface area (Å²) in [6.45, 7) is 3.02. The quantitative estimate of drug-likeness (QED) is 0.579. The van der Waals surface area contributed by atoms with Crippen LogP contribution in [0.25, 0.3) is 5.82 Å². The molecular formula is C22H21FN8O2. The van der Waals surface area contributed by atoms with Gasteiger partial charge in [0.1, 0.15) is 18.2 Å². The van der Waals surface area contributed by atoms with Gasteiger partial charge in [-0.1, -0.05) is 12.1 Å². The van der Waals surface area contributed by atoms with Crippen molar-refractivity contribution >= 4 is 5.91 Å². The van der Waals surface area contributed by atoms with Gasteiger partial charge in [0.15, 0.2) is 5.82 Å². The highest BCUT2D eigenvalue weighted by atomic mass is 19.1. The number of rotatable bonds is 4. The Kier molecular flexibility index (Phi) is 5.77. The summed E-state index contributed by atoms with van der Waals surface area (Å²) in [5.74, 6) is 0.0976. The molecule has 0 N–H and O–H groups in total. The maximum absolute atomic E-state index is 14.0. The number of amides is 1. The second-order valence-corrected chi connectivity index (χ2v) is 8.12. The van der Waals surface area contributed by atoms with Crippen LogP contribution in [0, 0.1) is 17.1 Å². The highest BCUT2D eigenvalue weighted by molar-refractivity contribution is 5.78. The van der Waals surface area contributed by atoms with Crippen LogP contribution < -0.4 is 0 Å². The van der Waals surface area contributed by atoms with Crippen molar-refractivity contribution < 1.29 is 13.9 Å². The number of morpholine rings is 1. The molecule has 168 valence electrons. The first-order valence-corrected chi connectivity index (χ1v) is 10.6. The van der Waals surface area contributed by atoms with Crippen LogP contribution in [0.2, 0.25) is 0 Å². The highest BCUT2D eigenvalue weighted by Gasteiger charge is 2.35. The number of fused-ring (bicyclic) bond motifs is 1. The maximum atomic E-state index is 14.0. The average molecular weight is 448 g/mol. The van der Waals surface area contributed by atoms with Crippen molar-refractivity contribution in [2.45, 2.75) is 18.6 Å². The smallest absolute Gasteiger partial charge is 0.227 e. The third kappa shape index (κ3) is 4.44. The van der Waals surface area contributed by atoms with E-state index in [2.05, 4.69) is 25.4 Å². The molecule has 2 aromatic heterocycles. The molecule has 0 spiro atoms. The van der Waals surface area contributed by atoms with E-state index in [0.29, 0.717) is 32.1 Å². The Morgan fingerprint density at radius 3 is 2.88 bits per heavy atom. The molecule has 1 aromatic carbocycles. The largest absolute Gasteiger partial charge is 0.370 e. The summed E-state index contributed by atoms with van der Waals surface area (Å²) in [6.07, 6.45) is 3.14. The zero-order valence-corrected chi connectivity index (χ0v) is 17.7. The Hall–Kier alpha value is -3.75. The number of hydrogen-bond acceptors (Lipinski definition) is 8. The van der Waals surface area contributed by atoms with Crippen molar-refractivity contribution in [3.8, 4) is 11.9 Å². The highest BCUT2D eigenvalue weighted by Crippen LogP contribution is 2.28. The molecule has 2 aliphatic heterocycles. The predicted molar refractivity (Wildman–Crippen MR) is 112 cm³/mol. The number of piperazine rings is 1. The first-order chi connectivity index (χ1) is 16.1. The third-order valence-corrected chi connectivity index (χ3v) is 6.08. The van der Waals surface area contributed by atoms with Crippen LogP contribution in [0.15, 0.2) is 42.9 Å². The number of pyridine rings is 1. The molecule has 2 atom stereocenters. The van der Waals surface area contributed by atoms with Gasteiger partial charge in [-0.2, -0.15) is 9.94 Å². The molecule has 2 aliphatic rings. The molecule has 0 saturated carbocycles. The van der Waals surface area contributed by atoms with Gasteiger partial charge >= 0.3 is 0 Å². The van der Waals surface area contributed by atoms with Gasteiger partial charge in [-0.05, 0) is 39.8 Å². The Balaban J connectivity index is 1.17. The van der Waals surface area contributed by atoms with Crippen LogP contribution in [0.1, 0.15) is 22.8 Å². The minimum atomic E-state index is -0.531. The summed E-state index contributed by atoms with van der Waals surface area (Å²) in [5.41, 5.74) is 1.57. The van der Waals surface area contributed by atoms with E-state index in [0.717, 1.165) is 17.7 Å². The first-order valence-electron chi connectivity index (χ1n) is 10.6. The van der Waals surface area contributed by atoms with E-state index in [1.165, 1.54) is 23.1 Å². The number of carbonyl (C=O) groups excluding carboxylic acids is 1. The topological polar surface area (TPSA) is 113 Å². The first kappa shape index (κ1) is 21.1. The molecular weight excluding hydrogens is 427 g/mol. The summed E-state index contributed by atoms with van der Waals surface area (Å²) in [4.78, 5) is 21.3. The summed E-state index contributed by atoms with van der Waals surface area (Å²) < 4.78 is 21.5. The van der Waals surface area contributed by atoms with E-state index >= 15 is 0 Å². The minimum absolute atomic E-state index is 0.0276. The van der Waals surface area contributed by atoms with Crippen molar-refractivity contribution in [2.75, 3.05) is 32.8 Å². The SMILES string of the molecule is N#Cc1ccc([C@H]2CN3CCN(C(=O)Cc4ccc(-n5cnnn5)nc4)C[C@H]3CO2)cc1F. The Morgan fingerprint density at radius 2 is 2.15 bits per heavy atom. The standard InChI is InChI=1S/C22H21FN8O2/c23-19-8-16(2-3-17(19)9-24)20-12-29-5-6-30(11-18(29)13-33-20)22(32)7-15-1-4-21(25-10-15)31-14-26-27-28-31/h1-4,8,10,14,18,20H,5-7,11-13H2/t18-,20+/m0/s1. The summed E-state index contributed by atoms with van der Waals surface area (Å²) in [7, 11) is 0. The zero-order chi connectivity index (χ0) is 22.8. The number of aromatic nitrogens is 5. The van der Waals surface area contributed by atoms with Crippen LogP contribution in [0.5, 0.6) is 0 Å². The fourth-order valence-corrected chi connectivity index (χ4v) is 4.24. The number of benzene rings is 1. The second-order valence-electron chi connectivity index (χ2n) is 8.12. The lowest BCUT2D eigenvalue weighted by molar-refractivity contribution is -0.139. The lowest BCUT2D eigenvalue weighted by Gasteiger charge is -2.46. The van der Waals surface area contributed by atoms with E-state index < -0.39 is 5.82 Å². The molecule has 5 rings (SSSR count). The molecule has 0 unspecified atom stereocenters. The fraction of sp³-hybridized carbons (Fsp3) is 0.364. The van der Waals surface area contributed by atoms with Gasteiger partial charge < -0.3 is 9.64 Å². The lowest BCUT2D eigenvalue weighted by Crippen LogP contribution is -2.59. The van der Waals surface area contributed by atoms with E-state index in [1.807, 2.05) is 17.0 Å². The number of halogens is 1. The van der Waals surface area contributed by atoms with Crippen LogP contribution in [0.3, 0.4) is 0 Å². The second kappa shape index (κ2) is 9.01. The molecule has 4 heterocycles. The van der Waals surface area contributed by atoms with Crippen LogP contribution in [0.4, 0.5) is 4.39 Å². The number of hydrogen-bond donors (Lipinski definition) is 0. The van der Waals surface area contributed by atoms with Gasteiger partial charge in [-0.3, -0.25) is 9.69 Å². The zero-order valence-electron chi connectivity index (χ0n) is 17.7. The normalized spacial score (nSPS) is 20.8. The van der Waals surface area contributed by atoms with Gasteiger partial charge in [0, 0.05) is 32.4 Å². The van der Waals surface area contributed by atoms with Crippen LogP contribution in [-0.4, -0.2) is 79.7 Å². The van der Waals surface area contributed by atoms with E-state index in [9.17, 15) is 9.18 Å². The van der Waals surface area contributed by atoms with Gasteiger partial charge in [-0.15, -0.1) is 5.10 Å². The Morgan fingerprint density at radius 1 is 1.24 bits per heavy atom. The molecule has 2 saturated heterocycles. The van der Waals surface area contributed by atoms with Crippen molar-refractivity contribution in [3.63, 3.8) is 0 Å². The minimum Gasteiger partial charge on any atom is -0.370 e. The fourth-order valence-electron chi connectivity index (χ4n) is 4.24.